The van der Waals surface area contributed by atoms with Gasteiger partial charge in [0.2, 0.25) is 0 Å². The number of rotatable bonds is 6. The number of para-hydroxylation sites is 2. The largest absolute Gasteiger partial charge is 0.496 e. The molecule has 0 radical (unpaired) electrons. The first-order valence-electron chi connectivity index (χ1n) is 9.84. The van der Waals surface area contributed by atoms with Crippen molar-refractivity contribution in [1.82, 2.24) is 10.4 Å². The zero-order valence-electron chi connectivity index (χ0n) is 17.0. The molecule has 4 rings (SSSR count). The Morgan fingerprint density at radius 3 is 2.55 bits per heavy atom. The minimum atomic E-state index is -0.294. The number of fused-ring (bicyclic) bond motifs is 1. The quantitative estimate of drug-likeness (QED) is 0.347. The van der Waals surface area contributed by atoms with E-state index in [0.717, 1.165) is 33.5 Å². The van der Waals surface area contributed by atoms with Gasteiger partial charge in [0.05, 0.1) is 23.9 Å². The number of hydrogen-bond donors (Lipinski definition) is 1. The minimum Gasteiger partial charge on any atom is -0.496 e. The first-order chi connectivity index (χ1) is 15.3. The number of carbonyl (C=O) groups excluding carboxylic acids is 1. The number of amides is 1. The predicted molar refractivity (Wildman–Crippen MR) is 125 cm³/mol. The third-order valence-corrected chi connectivity index (χ3v) is 4.77. The Bertz CT molecular complexity index is 1260. The average molecular weight is 407 g/mol. The Hall–Kier alpha value is -4.25. The van der Waals surface area contributed by atoms with Crippen molar-refractivity contribution in [3.8, 4) is 17.0 Å². The summed E-state index contributed by atoms with van der Waals surface area (Å²) in [6.45, 7) is 0. The zero-order chi connectivity index (χ0) is 21.5. The molecule has 0 aliphatic rings. The van der Waals surface area contributed by atoms with Gasteiger partial charge in [0, 0.05) is 22.7 Å². The van der Waals surface area contributed by atoms with Crippen LogP contribution in [0.15, 0.2) is 96.1 Å². The van der Waals surface area contributed by atoms with Gasteiger partial charge in [0.15, 0.2) is 0 Å². The van der Waals surface area contributed by atoms with Crippen LogP contribution in [0.4, 0.5) is 0 Å². The van der Waals surface area contributed by atoms with Gasteiger partial charge in [-0.15, -0.1) is 0 Å². The predicted octanol–water partition coefficient (Wildman–Crippen LogP) is 5.34. The standard InChI is InChI=1S/C26H21N3O2/c1-31-25-16-8-5-12-20(25)13-9-17-27-29-26(30)22-18-24(19-10-3-2-4-11-19)28-23-15-7-6-14-21(22)23/h2-18H,1H3,(H,29,30)/b13-9-,27-17-. The second-order valence-electron chi connectivity index (χ2n) is 6.76. The van der Waals surface area contributed by atoms with E-state index in [1.165, 1.54) is 6.21 Å². The fraction of sp³-hybridized carbons (Fsp3) is 0.0385. The van der Waals surface area contributed by atoms with E-state index in [1.807, 2.05) is 84.9 Å². The third-order valence-electron chi connectivity index (χ3n) is 4.77. The van der Waals surface area contributed by atoms with E-state index in [9.17, 15) is 4.79 Å². The van der Waals surface area contributed by atoms with Crippen molar-refractivity contribution >= 4 is 29.1 Å². The fourth-order valence-electron chi connectivity index (χ4n) is 3.27. The summed E-state index contributed by atoms with van der Waals surface area (Å²) in [5.41, 5.74) is 6.50. The summed E-state index contributed by atoms with van der Waals surface area (Å²) in [6, 6.07) is 26.8. The molecule has 0 saturated heterocycles. The van der Waals surface area contributed by atoms with Gasteiger partial charge in [-0.05, 0) is 30.4 Å². The Morgan fingerprint density at radius 1 is 0.968 bits per heavy atom. The fourth-order valence-corrected chi connectivity index (χ4v) is 3.27. The van der Waals surface area contributed by atoms with E-state index in [1.54, 1.807) is 19.3 Å². The van der Waals surface area contributed by atoms with E-state index in [4.69, 9.17) is 9.72 Å². The number of carbonyl (C=O) groups is 1. The van der Waals surface area contributed by atoms with Crippen LogP contribution >= 0.6 is 0 Å². The third kappa shape index (κ3) is 4.67. The highest BCUT2D eigenvalue weighted by Crippen LogP contribution is 2.24. The van der Waals surface area contributed by atoms with Gasteiger partial charge in [0.1, 0.15) is 5.75 Å². The number of aromatic nitrogens is 1. The lowest BCUT2D eigenvalue weighted by molar-refractivity contribution is 0.0957. The smallest absolute Gasteiger partial charge is 0.272 e. The van der Waals surface area contributed by atoms with E-state index in [-0.39, 0.29) is 5.91 Å². The summed E-state index contributed by atoms with van der Waals surface area (Å²) >= 11 is 0. The molecule has 3 aromatic carbocycles. The van der Waals surface area contributed by atoms with E-state index in [2.05, 4.69) is 10.5 Å². The van der Waals surface area contributed by atoms with Crippen LogP contribution in [-0.2, 0) is 0 Å². The number of ether oxygens (including phenoxy) is 1. The van der Waals surface area contributed by atoms with Crippen LogP contribution in [-0.4, -0.2) is 24.2 Å². The number of nitrogens with one attached hydrogen (secondary N) is 1. The molecule has 0 atom stereocenters. The number of nitrogens with zero attached hydrogens (tertiary/aromatic N) is 2. The maximum Gasteiger partial charge on any atom is 0.272 e. The number of benzene rings is 3. The van der Waals surface area contributed by atoms with Crippen LogP contribution in [0.5, 0.6) is 5.75 Å². The minimum absolute atomic E-state index is 0.294. The van der Waals surface area contributed by atoms with Crippen molar-refractivity contribution in [2.45, 2.75) is 0 Å². The molecule has 1 aromatic heterocycles. The van der Waals surface area contributed by atoms with Crippen LogP contribution in [0.25, 0.3) is 28.2 Å². The normalized spacial score (nSPS) is 11.3. The highest BCUT2D eigenvalue weighted by Gasteiger charge is 2.13. The Balaban J connectivity index is 1.56. The molecule has 1 N–H and O–H groups in total. The molecule has 5 heteroatoms. The molecule has 0 aliphatic heterocycles. The molecule has 0 aliphatic carbocycles. The number of methoxy groups -OCH3 is 1. The first kappa shape index (κ1) is 20.0. The molecular weight excluding hydrogens is 386 g/mol. The van der Waals surface area contributed by atoms with Crippen LogP contribution in [0, 0.1) is 0 Å². The van der Waals surface area contributed by atoms with Crippen molar-refractivity contribution in [2.75, 3.05) is 7.11 Å². The van der Waals surface area contributed by atoms with Crippen LogP contribution in [0.1, 0.15) is 15.9 Å². The zero-order valence-corrected chi connectivity index (χ0v) is 17.0. The van der Waals surface area contributed by atoms with Crippen LogP contribution < -0.4 is 10.2 Å². The Morgan fingerprint density at radius 2 is 1.71 bits per heavy atom. The summed E-state index contributed by atoms with van der Waals surface area (Å²) in [5, 5.41) is 4.83. The second-order valence-corrected chi connectivity index (χ2v) is 6.76. The van der Waals surface area contributed by atoms with Crippen molar-refractivity contribution in [1.29, 1.82) is 0 Å². The second kappa shape index (κ2) is 9.50. The van der Waals surface area contributed by atoms with Gasteiger partial charge < -0.3 is 4.74 Å². The van der Waals surface area contributed by atoms with Crippen molar-refractivity contribution in [3.63, 3.8) is 0 Å². The molecule has 0 fully saturated rings. The van der Waals surface area contributed by atoms with Crippen LogP contribution in [0.2, 0.25) is 0 Å². The molecule has 1 heterocycles. The van der Waals surface area contributed by atoms with Gasteiger partial charge in [-0.2, -0.15) is 5.10 Å². The Kier molecular flexibility index (Phi) is 6.14. The van der Waals surface area contributed by atoms with Gasteiger partial charge in [-0.3, -0.25) is 4.79 Å². The summed E-state index contributed by atoms with van der Waals surface area (Å²) in [5.74, 6) is 0.477. The lowest BCUT2D eigenvalue weighted by Gasteiger charge is -2.08. The number of hydrazone groups is 1. The molecule has 1 amide bonds. The topological polar surface area (TPSA) is 63.6 Å². The molecule has 152 valence electrons. The maximum atomic E-state index is 12.9. The molecule has 0 unspecified atom stereocenters. The monoisotopic (exact) mass is 407 g/mol. The number of allylic oxidation sites excluding steroid dienone is 1. The highest BCUT2D eigenvalue weighted by molar-refractivity contribution is 6.07. The molecular formula is C26H21N3O2. The van der Waals surface area contributed by atoms with Gasteiger partial charge in [0.25, 0.3) is 5.91 Å². The van der Waals surface area contributed by atoms with Crippen LogP contribution in [0.3, 0.4) is 0 Å². The molecule has 0 spiro atoms. The molecule has 4 aromatic rings. The molecule has 0 saturated carbocycles. The van der Waals surface area contributed by atoms with Gasteiger partial charge >= 0.3 is 0 Å². The molecule has 0 bridgehead atoms. The summed E-state index contributed by atoms with van der Waals surface area (Å²) < 4.78 is 5.32. The highest BCUT2D eigenvalue weighted by atomic mass is 16.5. The lowest BCUT2D eigenvalue weighted by atomic mass is 10.0. The van der Waals surface area contributed by atoms with E-state index in [0.29, 0.717) is 5.56 Å². The summed E-state index contributed by atoms with van der Waals surface area (Å²) in [7, 11) is 1.63. The first-order valence-corrected chi connectivity index (χ1v) is 9.84. The van der Waals surface area contributed by atoms with Crippen molar-refractivity contribution < 1.29 is 9.53 Å². The summed E-state index contributed by atoms with van der Waals surface area (Å²) in [6.07, 6.45) is 5.15. The SMILES string of the molecule is COc1ccccc1/C=C\C=N/NC(=O)c1cc(-c2ccccc2)nc2ccccc12. The number of pyridine rings is 1. The van der Waals surface area contributed by atoms with Gasteiger partial charge in [-0.1, -0.05) is 66.7 Å². The van der Waals surface area contributed by atoms with Gasteiger partial charge in [-0.25, -0.2) is 10.4 Å². The Labute approximate surface area is 180 Å². The maximum absolute atomic E-state index is 12.9. The summed E-state index contributed by atoms with van der Waals surface area (Å²) in [4.78, 5) is 17.6. The number of hydrogen-bond acceptors (Lipinski definition) is 4. The molecule has 5 nitrogen and oxygen atoms in total. The lowest BCUT2D eigenvalue weighted by Crippen LogP contribution is -2.18. The van der Waals surface area contributed by atoms with E-state index >= 15 is 0 Å². The van der Waals surface area contributed by atoms with E-state index < -0.39 is 0 Å². The molecule has 31 heavy (non-hydrogen) atoms. The van der Waals surface area contributed by atoms with Crippen molar-refractivity contribution in [2.24, 2.45) is 5.10 Å². The van der Waals surface area contributed by atoms with Crippen molar-refractivity contribution in [3.05, 3.63) is 102 Å². The average Bonchev–Trinajstić information content (AvgIpc) is 2.83.